The third kappa shape index (κ3) is 35.0. The van der Waals surface area contributed by atoms with Crippen LogP contribution in [0.1, 0.15) is 149 Å². The molecule has 0 aliphatic carbocycles. The summed E-state index contributed by atoms with van der Waals surface area (Å²) in [6.45, 7) is 8.30. The van der Waals surface area contributed by atoms with E-state index in [0.29, 0.717) is 32.7 Å². The Labute approximate surface area is 277 Å². The van der Waals surface area contributed by atoms with Crippen LogP contribution in [0.4, 0.5) is 0 Å². The molecule has 45 heavy (non-hydrogen) atoms. The van der Waals surface area contributed by atoms with Crippen LogP contribution in [0.2, 0.25) is 0 Å². The van der Waals surface area contributed by atoms with E-state index >= 15 is 0 Å². The van der Waals surface area contributed by atoms with Gasteiger partial charge in [0.15, 0.2) is 0 Å². The molecule has 0 saturated heterocycles. The second-order valence-electron chi connectivity index (χ2n) is 12.5. The van der Waals surface area contributed by atoms with Gasteiger partial charge in [-0.25, -0.2) is 0 Å². The number of allylic oxidation sites excluding steroid dienone is 2. The Morgan fingerprint density at radius 1 is 0.578 bits per heavy atom. The van der Waals surface area contributed by atoms with Gasteiger partial charge < -0.3 is 23.8 Å². The fourth-order valence-corrected chi connectivity index (χ4v) is 4.93. The third-order valence-electron chi connectivity index (χ3n) is 7.66. The van der Waals surface area contributed by atoms with E-state index in [-0.39, 0.29) is 18.0 Å². The van der Waals surface area contributed by atoms with Gasteiger partial charge in [-0.15, -0.1) is 0 Å². The normalized spacial score (nSPS) is 12.5. The summed E-state index contributed by atoms with van der Waals surface area (Å²) in [5.74, 6) is -0.194. The quantitative estimate of drug-likeness (QED) is 0.0395. The standard InChI is InChI=1S/C38H71NO6/c1-5-7-9-11-13-17-25-32-44-37(40)27-21-15-19-23-30-42-34-29-36(35-39(3)4)43-31-24-20-16-22-28-38(41)45-33-26-18-14-12-10-8-6-2/h17-18,25-26,36H,5-16,19-24,27-35H2,1-4H3/b25-17-,26-18-. The van der Waals surface area contributed by atoms with Gasteiger partial charge in [-0.3, -0.25) is 9.59 Å². The third-order valence-corrected chi connectivity index (χ3v) is 7.66. The van der Waals surface area contributed by atoms with E-state index in [1.165, 1.54) is 51.4 Å². The van der Waals surface area contributed by atoms with Crippen LogP contribution in [-0.4, -0.2) is 76.6 Å². The van der Waals surface area contributed by atoms with Crippen molar-refractivity contribution in [2.75, 3.05) is 53.7 Å². The van der Waals surface area contributed by atoms with Gasteiger partial charge in [-0.2, -0.15) is 0 Å². The number of unbranched alkanes of at least 4 members (excludes halogenated alkanes) is 14. The van der Waals surface area contributed by atoms with Crippen molar-refractivity contribution in [1.29, 1.82) is 0 Å². The molecule has 0 N–H and O–H groups in total. The first-order valence-corrected chi connectivity index (χ1v) is 18.4. The predicted octanol–water partition coefficient (Wildman–Crippen LogP) is 9.38. The van der Waals surface area contributed by atoms with E-state index in [1.54, 1.807) is 0 Å². The first-order valence-electron chi connectivity index (χ1n) is 18.4. The van der Waals surface area contributed by atoms with Crippen LogP contribution < -0.4 is 0 Å². The molecular weight excluding hydrogens is 566 g/mol. The highest BCUT2D eigenvalue weighted by atomic mass is 16.5. The minimum absolute atomic E-state index is 0.0965. The van der Waals surface area contributed by atoms with E-state index in [0.717, 1.165) is 90.4 Å². The number of likely N-dealkylation sites (N-methyl/N-ethyl adjacent to an activating group) is 1. The van der Waals surface area contributed by atoms with Crippen molar-refractivity contribution < 1.29 is 28.5 Å². The lowest BCUT2D eigenvalue weighted by molar-refractivity contribution is -0.143. The molecule has 0 spiro atoms. The number of nitrogens with zero attached hydrogens (tertiary/aromatic N) is 1. The van der Waals surface area contributed by atoms with Gasteiger partial charge >= 0.3 is 11.9 Å². The first-order chi connectivity index (χ1) is 22.0. The zero-order chi connectivity index (χ0) is 33.1. The SMILES string of the molecule is CCCCCC/C=C\COC(=O)CCCCCCOCCC(CN(C)C)OCCCCCCC(=O)OC/C=C\CCCCCC. The average molecular weight is 638 g/mol. The highest BCUT2D eigenvalue weighted by Gasteiger charge is 2.11. The number of carbonyl (C=O) groups excluding carboxylic acids is 2. The van der Waals surface area contributed by atoms with Crippen molar-refractivity contribution in [2.45, 2.75) is 155 Å². The molecule has 0 radical (unpaired) electrons. The second kappa shape index (κ2) is 35.2. The summed E-state index contributed by atoms with van der Waals surface area (Å²) in [6, 6.07) is 0. The Hall–Kier alpha value is -1.70. The minimum Gasteiger partial charge on any atom is -0.461 e. The van der Waals surface area contributed by atoms with E-state index in [2.05, 4.69) is 45.0 Å². The van der Waals surface area contributed by atoms with Gasteiger partial charge in [0.25, 0.3) is 0 Å². The van der Waals surface area contributed by atoms with Crippen LogP contribution in [0.5, 0.6) is 0 Å². The van der Waals surface area contributed by atoms with Gasteiger partial charge in [-0.1, -0.05) is 102 Å². The number of ether oxygens (including phenoxy) is 4. The molecule has 0 amide bonds. The molecule has 1 unspecified atom stereocenters. The van der Waals surface area contributed by atoms with Crippen LogP contribution in [-0.2, 0) is 28.5 Å². The maximum atomic E-state index is 11.9. The average Bonchev–Trinajstić information content (AvgIpc) is 3.01. The Morgan fingerprint density at radius 2 is 1.07 bits per heavy atom. The predicted molar refractivity (Wildman–Crippen MR) is 188 cm³/mol. The van der Waals surface area contributed by atoms with Crippen LogP contribution in [0.3, 0.4) is 0 Å². The highest BCUT2D eigenvalue weighted by molar-refractivity contribution is 5.69. The number of esters is 2. The zero-order valence-corrected chi connectivity index (χ0v) is 29.9. The topological polar surface area (TPSA) is 74.3 Å². The van der Waals surface area contributed by atoms with Crippen molar-refractivity contribution in [1.82, 2.24) is 4.90 Å². The lowest BCUT2D eigenvalue weighted by atomic mass is 10.1. The summed E-state index contributed by atoms with van der Waals surface area (Å²) in [4.78, 5) is 25.9. The molecule has 7 nitrogen and oxygen atoms in total. The lowest BCUT2D eigenvalue weighted by Gasteiger charge is -2.21. The minimum atomic E-state index is -0.0974. The summed E-state index contributed by atoms with van der Waals surface area (Å²) in [5.41, 5.74) is 0. The lowest BCUT2D eigenvalue weighted by Crippen LogP contribution is -2.30. The van der Waals surface area contributed by atoms with Gasteiger partial charge in [0.05, 0.1) is 6.10 Å². The molecule has 0 aliphatic rings. The number of rotatable bonds is 34. The summed E-state index contributed by atoms with van der Waals surface area (Å²) in [5, 5.41) is 0. The van der Waals surface area contributed by atoms with Gasteiger partial charge in [-0.05, 0) is 71.9 Å². The van der Waals surface area contributed by atoms with E-state index < -0.39 is 0 Å². The maximum absolute atomic E-state index is 11.9. The fourth-order valence-electron chi connectivity index (χ4n) is 4.93. The largest absolute Gasteiger partial charge is 0.461 e. The molecule has 0 bridgehead atoms. The zero-order valence-electron chi connectivity index (χ0n) is 29.9. The smallest absolute Gasteiger partial charge is 0.306 e. The van der Waals surface area contributed by atoms with E-state index in [9.17, 15) is 9.59 Å². The Bertz CT molecular complexity index is 708. The molecule has 0 heterocycles. The van der Waals surface area contributed by atoms with Crippen molar-refractivity contribution >= 4 is 11.9 Å². The Balaban J connectivity index is 3.68. The van der Waals surface area contributed by atoms with Crippen LogP contribution in [0, 0.1) is 0 Å². The van der Waals surface area contributed by atoms with Crippen LogP contribution in [0.25, 0.3) is 0 Å². The molecule has 0 aromatic rings. The van der Waals surface area contributed by atoms with E-state index in [4.69, 9.17) is 18.9 Å². The van der Waals surface area contributed by atoms with E-state index in [1.807, 2.05) is 12.2 Å². The molecule has 1 atom stereocenters. The molecular formula is C38H71NO6. The number of carbonyl (C=O) groups is 2. The Kier molecular flexibility index (Phi) is 33.8. The van der Waals surface area contributed by atoms with Gasteiger partial charge in [0.1, 0.15) is 13.2 Å². The second-order valence-corrected chi connectivity index (χ2v) is 12.5. The number of hydrogen-bond acceptors (Lipinski definition) is 7. The molecule has 0 fully saturated rings. The summed E-state index contributed by atoms with van der Waals surface area (Å²) < 4.78 is 22.6. The van der Waals surface area contributed by atoms with Crippen molar-refractivity contribution in [3.8, 4) is 0 Å². The van der Waals surface area contributed by atoms with Crippen LogP contribution >= 0.6 is 0 Å². The maximum Gasteiger partial charge on any atom is 0.306 e. The number of hydrogen-bond donors (Lipinski definition) is 0. The molecule has 0 aromatic heterocycles. The summed E-state index contributed by atoms with van der Waals surface area (Å²) in [7, 11) is 4.14. The molecule has 0 rings (SSSR count). The van der Waals surface area contributed by atoms with Crippen LogP contribution in [0.15, 0.2) is 24.3 Å². The molecule has 0 aliphatic heterocycles. The first kappa shape index (κ1) is 43.3. The molecule has 264 valence electrons. The van der Waals surface area contributed by atoms with Crippen molar-refractivity contribution in [3.05, 3.63) is 24.3 Å². The molecule has 0 saturated carbocycles. The highest BCUT2D eigenvalue weighted by Crippen LogP contribution is 2.09. The molecule has 0 aromatic carbocycles. The monoisotopic (exact) mass is 638 g/mol. The van der Waals surface area contributed by atoms with Gasteiger partial charge in [0, 0.05) is 39.2 Å². The summed E-state index contributed by atoms with van der Waals surface area (Å²) >= 11 is 0. The fraction of sp³-hybridized carbons (Fsp3) is 0.842. The Morgan fingerprint density at radius 3 is 1.58 bits per heavy atom. The van der Waals surface area contributed by atoms with Crippen molar-refractivity contribution in [2.24, 2.45) is 0 Å². The molecule has 7 heteroatoms. The summed E-state index contributed by atoms with van der Waals surface area (Å²) in [6.07, 6.45) is 30.4. The van der Waals surface area contributed by atoms with Crippen molar-refractivity contribution in [3.63, 3.8) is 0 Å². The van der Waals surface area contributed by atoms with Gasteiger partial charge in [0.2, 0.25) is 0 Å².